The molecule has 25 heavy (non-hydrogen) atoms. The maximum absolute atomic E-state index is 12.2. The zero-order chi connectivity index (χ0) is 18.3. The van der Waals surface area contributed by atoms with Gasteiger partial charge in [-0.05, 0) is 41.8 Å². The Morgan fingerprint density at radius 1 is 1.08 bits per heavy atom. The van der Waals surface area contributed by atoms with Crippen molar-refractivity contribution in [1.29, 1.82) is 0 Å². The molecule has 0 aromatic heterocycles. The van der Waals surface area contributed by atoms with Crippen LogP contribution in [0.1, 0.15) is 21.5 Å². The van der Waals surface area contributed by atoms with Gasteiger partial charge < -0.3 is 10.1 Å². The third-order valence-corrected chi connectivity index (χ3v) is 4.31. The summed E-state index contributed by atoms with van der Waals surface area (Å²) in [6, 6.07) is 14.6. The Labute approximate surface area is 148 Å². The summed E-state index contributed by atoms with van der Waals surface area (Å²) in [5.74, 6) is 0.586. The molecular formula is C18H22N2O4S. The van der Waals surface area contributed by atoms with Gasteiger partial charge in [0.25, 0.3) is 5.91 Å². The van der Waals surface area contributed by atoms with Gasteiger partial charge in [-0.1, -0.05) is 24.3 Å². The fourth-order valence-corrected chi connectivity index (χ4v) is 2.74. The van der Waals surface area contributed by atoms with Gasteiger partial charge >= 0.3 is 0 Å². The highest BCUT2D eigenvalue weighted by Crippen LogP contribution is 2.12. The van der Waals surface area contributed by atoms with Crippen molar-refractivity contribution in [3.8, 4) is 5.75 Å². The maximum atomic E-state index is 12.2. The maximum Gasteiger partial charge on any atom is 0.251 e. The molecule has 2 aromatic rings. The second-order valence-electron chi connectivity index (χ2n) is 5.65. The normalized spacial score (nSPS) is 11.1. The van der Waals surface area contributed by atoms with E-state index in [-0.39, 0.29) is 5.91 Å². The summed E-state index contributed by atoms with van der Waals surface area (Å²) in [7, 11) is -1.58. The van der Waals surface area contributed by atoms with Gasteiger partial charge in [0, 0.05) is 18.7 Å². The Morgan fingerprint density at radius 2 is 1.80 bits per heavy atom. The van der Waals surface area contributed by atoms with Crippen LogP contribution < -0.4 is 14.8 Å². The highest BCUT2D eigenvalue weighted by atomic mass is 32.2. The van der Waals surface area contributed by atoms with E-state index in [9.17, 15) is 13.2 Å². The van der Waals surface area contributed by atoms with Crippen molar-refractivity contribution in [1.82, 2.24) is 10.0 Å². The van der Waals surface area contributed by atoms with Crippen molar-refractivity contribution < 1.29 is 17.9 Å². The lowest BCUT2D eigenvalue weighted by molar-refractivity contribution is 0.0951. The molecule has 0 aliphatic heterocycles. The van der Waals surface area contributed by atoms with Crippen LogP contribution in [-0.4, -0.2) is 34.2 Å². The Morgan fingerprint density at radius 3 is 2.44 bits per heavy atom. The van der Waals surface area contributed by atoms with Crippen LogP contribution in [0.3, 0.4) is 0 Å². The fraction of sp³-hybridized carbons (Fsp3) is 0.278. The molecule has 0 radical (unpaired) electrons. The minimum Gasteiger partial charge on any atom is -0.497 e. The SMILES string of the molecule is COc1cccc(CNC(=O)c2ccc(CCNS(C)(=O)=O)cc2)c1. The van der Waals surface area contributed by atoms with E-state index in [1.54, 1.807) is 19.2 Å². The van der Waals surface area contributed by atoms with Crippen molar-refractivity contribution in [3.05, 3.63) is 65.2 Å². The molecule has 7 heteroatoms. The van der Waals surface area contributed by atoms with Crippen LogP contribution in [0.5, 0.6) is 5.75 Å². The summed E-state index contributed by atoms with van der Waals surface area (Å²) in [4.78, 5) is 12.2. The number of hydrogen-bond donors (Lipinski definition) is 2. The molecule has 0 spiro atoms. The molecular weight excluding hydrogens is 340 g/mol. The van der Waals surface area contributed by atoms with E-state index in [4.69, 9.17) is 4.74 Å². The second-order valence-corrected chi connectivity index (χ2v) is 7.48. The lowest BCUT2D eigenvalue weighted by Gasteiger charge is -2.08. The molecule has 2 aromatic carbocycles. The van der Waals surface area contributed by atoms with Gasteiger partial charge in [0.15, 0.2) is 0 Å². The Hall–Kier alpha value is -2.38. The summed E-state index contributed by atoms with van der Waals surface area (Å²) in [5, 5.41) is 2.86. The van der Waals surface area contributed by atoms with Crippen LogP contribution in [0.2, 0.25) is 0 Å². The topological polar surface area (TPSA) is 84.5 Å². The number of benzene rings is 2. The first kappa shape index (κ1) is 19.0. The van der Waals surface area contributed by atoms with Gasteiger partial charge in [-0.2, -0.15) is 0 Å². The molecule has 1 amide bonds. The molecule has 0 atom stereocenters. The molecule has 2 N–H and O–H groups in total. The molecule has 2 rings (SSSR count). The molecule has 0 aliphatic carbocycles. The number of ether oxygens (including phenoxy) is 1. The van der Waals surface area contributed by atoms with Gasteiger partial charge in [0.1, 0.15) is 5.75 Å². The van der Waals surface area contributed by atoms with Crippen LogP contribution in [0.15, 0.2) is 48.5 Å². The van der Waals surface area contributed by atoms with E-state index in [2.05, 4.69) is 10.0 Å². The number of carbonyl (C=O) groups excluding carboxylic acids is 1. The lowest BCUT2D eigenvalue weighted by atomic mass is 10.1. The van der Waals surface area contributed by atoms with Crippen molar-refractivity contribution in [2.75, 3.05) is 19.9 Å². The summed E-state index contributed by atoms with van der Waals surface area (Å²) in [6.45, 7) is 0.746. The van der Waals surface area contributed by atoms with Crippen LogP contribution in [-0.2, 0) is 23.0 Å². The smallest absolute Gasteiger partial charge is 0.251 e. The van der Waals surface area contributed by atoms with Gasteiger partial charge in [0.05, 0.1) is 13.4 Å². The van der Waals surface area contributed by atoms with Gasteiger partial charge in [-0.25, -0.2) is 13.1 Å². The second kappa shape index (κ2) is 8.64. The first-order valence-electron chi connectivity index (χ1n) is 7.82. The van der Waals surface area contributed by atoms with E-state index in [0.29, 0.717) is 25.1 Å². The Kier molecular flexibility index (Phi) is 6.55. The minimum atomic E-state index is -3.18. The summed E-state index contributed by atoms with van der Waals surface area (Å²) in [5.41, 5.74) is 2.47. The predicted octanol–water partition coefficient (Wildman–Crippen LogP) is 1.72. The van der Waals surface area contributed by atoms with Crippen molar-refractivity contribution >= 4 is 15.9 Å². The number of nitrogens with one attached hydrogen (secondary N) is 2. The number of rotatable bonds is 8. The lowest BCUT2D eigenvalue weighted by Crippen LogP contribution is -2.24. The third kappa shape index (κ3) is 6.56. The van der Waals surface area contributed by atoms with Crippen LogP contribution in [0.25, 0.3) is 0 Å². The highest BCUT2D eigenvalue weighted by Gasteiger charge is 2.06. The summed E-state index contributed by atoms with van der Waals surface area (Å²) >= 11 is 0. The minimum absolute atomic E-state index is 0.163. The molecule has 0 heterocycles. The fourth-order valence-electron chi connectivity index (χ4n) is 2.27. The number of carbonyl (C=O) groups is 1. The van der Waals surface area contributed by atoms with E-state index < -0.39 is 10.0 Å². The van der Waals surface area contributed by atoms with Crippen molar-refractivity contribution in [3.63, 3.8) is 0 Å². The number of methoxy groups -OCH3 is 1. The Bertz CT molecular complexity index is 817. The monoisotopic (exact) mass is 362 g/mol. The molecule has 6 nitrogen and oxygen atoms in total. The molecule has 134 valence electrons. The molecule has 0 bridgehead atoms. The van der Waals surface area contributed by atoms with E-state index in [1.807, 2.05) is 36.4 Å². The zero-order valence-electron chi connectivity index (χ0n) is 14.3. The van der Waals surface area contributed by atoms with Crippen LogP contribution in [0, 0.1) is 0 Å². The molecule has 0 fully saturated rings. The predicted molar refractivity (Wildman–Crippen MR) is 97.2 cm³/mol. The molecule has 0 saturated carbocycles. The molecule has 0 aliphatic rings. The van der Waals surface area contributed by atoms with Crippen molar-refractivity contribution in [2.24, 2.45) is 0 Å². The van der Waals surface area contributed by atoms with Gasteiger partial charge in [-0.15, -0.1) is 0 Å². The first-order valence-corrected chi connectivity index (χ1v) is 9.71. The standard InChI is InChI=1S/C18H22N2O4S/c1-24-17-5-3-4-15(12-17)13-19-18(21)16-8-6-14(7-9-16)10-11-20-25(2,22)23/h3-9,12,20H,10-11,13H2,1-2H3,(H,19,21). The van der Waals surface area contributed by atoms with Crippen LogP contribution in [0.4, 0.5) is 0 Å². The van der Waals surface area contributed by atoms with E-state index in [0.717, 1.165) is 23.1 Å². The summed E-state index contributed by atoms with van der Waals surface area (Å²) in [6.07, 6.45) is 1.70. The highest BCUT2D eigenvalue weighted by molar-refractivity contribution is 7.88. The average molecular weight is 362 g/mol. The molecule has 0 unspecified atom stereocenters. The number of amides is 1. The quantitative estimate of drug-likeness (QED) is 0.749. The number of sulfonamides is 1. The van der Waals surface area contributed by atoms with Gasteiger partial charge in [-0.3, -0.25) is 4.79 Å². The van der Waals surface area contributed by atoms with E-state index in [1.165, 1.54) is 0 Å². The summed E-state index contributed by atoms with van der Waals surface area (Å²) < 4.78 is 29.6. The molecule has 0 saturated heterocycles. The van der Waals surface area contributed by atoms with Gasteiger partial charge in [0.2, 0.25) is 10.0 Å². The van der Waals surface area contributed by atoms with Crippen LogP contribution >= 0.6 is 0 Å². The third-order valence-electron chi connectivity index (χ3n) is 3.58. The Balaban J connectivity index is 1.87. The number of hydrogen-bond acceptors (Lipinski definition) is 4. The largest absolute Gasteiger partial charge is 0.497 e. The van der Waals surface area contributed by atoms with Crippen molar-refractivity contribution in [2.45, 2.75) is 13.0 Å². The first-order chi connectivity index (χ1) is 11.9. The van der Waals surface area contributed by atoms with E-state index >= 15 is 0 Å². The average Bonchev–Trinajstić information content (AvgIpc) is 2.59. The zero-order valence-corrected chi connectivity index (χ0v) is 15.1.